The average Bonchev–Trinajstić information content (AvgIpc) is 2.19. The van der Waals surface area contributed by atoms with E-state index in [4.69, 9.17) is 9.84 Å². The van der Waals surface area contributed by atoms with E-state index in [1.165, 1.54) is 6.92 Å². The zero-order chi connectivity index (χ0) is 11.7. The number of aliphatic hydroxyl groups excluding tert-OH is 1. The second-order valence-corrected chi connectivity index (χ2v) is 2.98. The van der Waals surface area contributed by atoms with E-state index in [9.17, 15) is 4.79 Å². The predicted octanol–water partition coefficient (Wildman–Crippen LogP) is 2.31. The molecule has 1 rings (SSSR count). The van der Waals surface area contributed by atoms with Gasteiger partial charge in [-0.05, 0) is 19.4 Å². The van der Waals surface area contributed by atoms with Gasteiger partial charge in [0.1, 0.15) is 6.10 Å². The summed E-state index contributed by atoms with van der Waals surface area (Å²) in [6, 6.07) is 9.66. The lowest BCUT2D eigenvalue weighted by molar-refractivity contribution is -0.145. The van der Waals surface area contributed by atoms with Crippen molar-refractivity contribution in [2.45, 2.75) is 26.9 Å². The topological polar surface area (TPSA) is 46.5 Å². The van der Waals surface area contributed by atoms with Crippen LogP contribution in [0, 0.1) is 0 Å². The Kier molecular flexibility index (Phi) is 7.28. The van der Waals surface area contributed by atoms with Crippen molar-refractivity contribution in [3.05, 3.63) is 35.9 Å². The number of hydrogen-bond acceptors (Lipinski definition) is 3. The van der Waals surface area contributed by atoms with Gasteiger partial charge in [0.05, 0.1) is 0 Å². The van der Waals surface area contributed by atoms with Gasteiger partial charge in [-0.1, -0.05) is 30.3 Å². The lowest BCUT2D eigenvalue weighted by Crippen LogP contribution is -2.04. The summed E-state index contributed by atoms with van der Waals surface area (Å²) in [6.07, 6.45) is -0.149. The third-order valence-electron chi connectivity index (χ3n) is 1.61. The summed E-state index contributed by atoms with van der Waals surface area (Å²) in [5.41, 5.74) is 1.02. The Balaban J connectivity index is 0.000000583. The number of carbonyl (C=O) groups is 1. The van der Waals surface area contributed by atoms with Crippen molar-refractivity contribution >= 4 is 5.97 Å². The van der Waals surface area contributed by atoms with Crippen molar-refractivity contribution in [3.8, 4) is 0 Å². The van der Waals surface area contributed by atoms with Crippen LogP contribution < -0.4 is 0 Å². The fourth-order valence-electron chi connectivity index (χ4n) is 1.04. The van der Waals surface area contributed by atoms with Gasteiger partial charge < -0.3 is 9.84 Å². The third kappa shape index (κ3) is 6.69. The molecule has 1 N–H and O–H groups in total. The predicted molar refractivity (Wildman–Crippen MR) is 59.4 cm³/mol. The van der Waals surface area contributed by atoms with Crippen LogP contribution in [-0.2, 0) is 9.53 Å². The highest BCUT2D eigenvalue weighted by Crippen LogP contribution is 2.15. The molecule has 0 aliphatic carbocycles. The Morgan fingerprint density at radius 2 is 1.87 bits per heavy atom. The van der Waals surface area contributed by atoms with Crippen molar-refractivity contribution < 1.29 is 14.6 Å². The third-order valence-corrected chi connectivity index (χ3v) is 1.61. The molecule has 0 saturated heterocycles. The van der Waals surface area contributed by atoms with E-state index in [1.54, 1.807) is 6.92 Å². The van der Waals surface area contributed by atoms with Crippen molar-refractivity contribution in [3.63, 3.8) is 0 Å². The normalized spacial score (nSPS) is 10.9. The summed E-state index contributed by atoms with van der Waals surface area (Å²) < 4.78 is 5.00. The fraction of sp³-hybridized carbons (Fsp3) is 0.417. The number of hydrogen-bond donors (Lipinski definition) is 1. The van der Waals surface area contributed by atoms with Crippen molar-refractivity contribution in [1.82, 2.24) is 0 Å². The van der Waals surface area contributed by atoms with Crippen LogP contribution in [0.1, 0.15) is 32.4 Å². The Morgan fingerprint density at radius 1 is 1.40 bits per heavy atom. The number of benzene rings is 1. The molecule has 0 saturated carbocycles. The highest BCUT2D eigenvalue weighted by Gasteiger charge is 2.06. The van der Waals surface area contributed by atoms with E-state index < -0.39 is 0 Å². The van der Waals surface area contributed by atoms with E-state index in [2.05, 4.69) is 0 Å². The quantitative estimate of drug-likeness (QED) is 0.762. The Bertz CT molecular complexity index is 269. The fourth-order valence-corrected chi connectivity index (χ4v) is 1.04. The smallest absolute Gasteiger partial charge is 0.303 e. The van der Waals surface area contributed by atoms with E-state index in [0.29, 0.717) is 0 Å². The van der Waals surface area contributed by atoms with E-state index in [1.807, 2.05) is 37.3 Å². The first-order chi connectivity index (χ1) is 7.11. The van der Waals surface area contributed by atoms with Gasteiger partial charge in [0.2, 0.25) is 0 Å². The van der Waals surface area contributed by atoms with Gasteiger partial charge >= 0.3 is 5.97 Å². The number of rotatable bonds is 2. The van der Waals surface area contributed by atoms with Gasteiger partial charge in [0.25, 0.3) is 0 Å². The van der Waals surface area contributed by atoms with Gasteiger partial charge in [0.15, 0.2) is 0 Å². The number of esters is 1. The summed E-state index contributed by atoms with van der Waals surface area (Å²) in [4.78, 5) is 10.6. The van der Waals surface area contributed by atoms with Crippen LogP contribution >= 0.6 is 0 Å². The Morgan fingerprint density at radius 3 is 2.27 bits per heavy atom. The second-order valence-electron chi connectivity index (χ2n) is 2.98. The Labute approximate surface area is 90.7 Å². The first kappa shape index (κ1) is 13.7. The van der Waals surface area contributed by atoms with E-state index in [-0.39, 0.29) is 18.7 Å². The van der Waals surface area contributed by atoms with Gasteiger partial charge in [-0.3, -0.25) is 4.79 Å². The standard InChI is InChI=1S/C10H12O2.C2H6O/c1-8(12-9(2)11)10-6-4-3-5-7-10;1-2-3/h3-8H,1-2H3;3H,2H2,1H3. The van der Waals surface area contributed by atoms with Crippen molar-refractivity contribution in [2.75, 3.05) is 6.61 Å². The minimum absolute atomic E-state index is 0.149. The van der Waals surface area contributed by atoms with Crippen LogP contribution in [0.15, 0.2) is 30.3 Å². The lowest BCUT2D eigenvalue weighted by Gasteiger charge is -2.11. The molecule has 0 aromatic heterocycles. The van der Waals surface area contributed by atoms with Crippen LogP contribution in [0.25, 0.3) is 0 Å². The summed E-state index contributed by atoms with van der Waals surface area (Å²) in [5, 5.41) is 7.57. The molecule has 0 amide bonds. The maximum atomic E-state index is 10.6. The van der Waals surface area contributed by atoms with Crippen LogP contribution in [0.5, 0.6) is 0 Å². The maximum absolute atomic E-state index is 10.6. The lowest BCUT2D eigenvalue weighted by atomic mass is 10.1. The zero-order valence-electron chi connectivity index (χ0n) is 9.43. The van der Waals surface area contributed by atoms with Crippen LogP contribution in [0.3, 0.4) is 0 Å². The molecule has 0 aliphatic rings. The molecule has 1 aromatic rings. The van der Waals surface area contributed by atoms with Crippen LogP contribution in [0.4, 0.5) is 0 Å². The number of ether oxygens (including phenoxy) is 1. The molecule has 1 atom stereocenters. The monoisotopic (exact) mass is 210 g/mol. The first-order valence-corrected chi connectivity index (χ1v) is 4.94. The minimum Gasteiger partial charge on any atom is -0.458 e. The molecule has 1 unspecified atom stereocenters. The van der Waals surface area contributed by atoms with Crippen LogP contribution in [0.2, 0.25) is 0 Å². The van der Waals surface area contributed by atoms with Crippen molar-refractivity contribution in [1.29, 1.82) is 0 Å². The molecule has 3 heteroatoms. The van der Waals surface area contributed by atoms with Gasteiger partial charge in [-0.25, -0.2) is 0 Å². The Hall–Kier alpha value is -1.35. The molecular formula is C12H18O3. The summed E-state index contributed by atoms with van der Waals surface area (Å²) >= 11 is 0. The molecule has 3 nitrogen and oxygen atoms in total. The SMILES string of the molecule is CC(=O)OC(C)c1ccccc1.CCO. The van der Waals surface area contributed by atoms with E-state index >= 15 is 0 Å². The van der Waals surface area contributed by atoms with Gasteiger partial charge in [0, 0.05) is 13.5 Å². The minimum atomic E-state index is -0.244. The summed E-state index contributed by atoms with van der Waals surface area (Å²) in [7, 11) is 0. The molecule has 0 fully saturated rings. The second kappa shape index (κ2) is 8.00. The zero-order valence-corrected chi connectivity index (χ0v) is 9.43. The van der Waals surface area contributed by atoms with Gasteiger partial charge in [-0.15, -0.1) is 0 Å². The molecule has 0 aliphatic heterocycles. The van der Waals surface area contributed by atoms with E-state index in [0.717, 1.165) is 5.56 Å². The molecule has 0 spiro atoms. The number of carbonyl (C=O) groups excluding carboxylic acids is 1. The van der Waals surface area contributed by atoms with Gasteiger partial charge in [-0.2, -0.15) is 0 Å². The highest BCUT2D eigenvalue weighted by atomic mass is 16.5. The molecular weight excluding hydrogens is 192 g/mol. The molecule has 0 heterocycles. The maximum Gasteiger partial charge on any atom is 0.303 e. The first-order valence-electron chi connectivity index (χ1n) is 4.94. The molecule has 0 bridgehead atoms. The molecule has 0 radical (unpaired) electrons. The highest BCUT2D eigenvalue weighted by molar-refractivity contribution is 5.66. The molecule has 84 valence electrons. The average molecular weight is 210 g/mol. The van der Waals surface area contributed by atoms with Crippen LogP contribution in [-0.4, -0.2) is 17.7 Å². The largest absolute Gasteiger partial charge is 0.458 e. The summed E-state index contributed by atoms with van der Waals surface area (Å²) in [6.45, 7) is 5.20. The molecule has 15 heavy (non-hydrogen) atoms. The van der Waals surface area contributed by atoms with Crippen molar-refractivity contribution in [2.24, 2.45) is 0 Å². The molecule has 1 aromatic carbocycles. The number of aliphatic hydroxyl groups is 1. The summed E-state index contributed by atoms with van der Waals surface area (Å²) in [5.74, 6) is -0.244.